The molecule has 8 heteroatoms. The summed E-state index contributed by atoms with van der Waals surface area (Å²) in [4.78, 5) is 42.8. The maximum Gasteiger partial charge on any atom is 0.223 e. The van der Waals surface area contributed by atoms with Gasteiger partial charge in [0.1, 0.15) is 5.75 Å². The largest absolute Gasteiger partial charge is 0.497 e. The fourth-order valence-corrected chi connectivity index (χ4v) is 4.60. The van der Waals surface area contributed by atoms with E-state index in [1.807, 2.05) is 47.5 Å². The molecule has 4 rings (SSSR count). The van der Waals surface area contributed by atoms with Gasteiger partial charge in [0.2, 0.25) is 17.7 Å². The Morgan fingerprint density at radius 1 is 0.906 bits per heavy atom. The average Bonchev–Trinajstić information content (AvgIpc) is 3.30. The number of carbonyl (C=O) groups is 3. The topological polar surface area (TPSA) is 75.1 Å². The number of carbonyl (C=O) groups excluding carboxylic acids is 3. The van der Waals surface area contributed by atoms with Gasteiger partial charge in [-0.05, 0) is 29.8 Å². The molecule has 2 aliphatic rings. The second kappa shape index (κ2) is 9.46. The zero-order valence-corrected chi connectivity index (χ0v) is 18.7. The molecule has 1 unspecified atom stereocenters. The van der Waals surface area contributed by atoms with Crippen molar-refractivity contribution in [3.8, 4) is 5.75 Å². The summed E-state index contributed by atoms with van der Waals surface area (Å²) in [5.41, 5.74) is 2.05. The number of fused-ring (bicyclic) bond motifs is 1. The van der Waals surface area contributed by atoms with Crippen LogP contribution in [0.4, 0.5) is 0 Å². The van der Waals surface area contributed by atoms with Crippen LogP contribution in [0.1, 0.15) is 37.1 Å². The monoisotopic (exact) mass is 438 g/mol. The second-order valence-corrected chi connectivity index (χ2v) is 8.28. The molecular formula is C24H30N4O4. The van der Waals surface area contributed by atoms with Gasteiger partial charge < -0.3 is 24.0 Å². The van der Waals surface area contributed by atoms with E-state index in [4.69, 9.17) is 4.74 Å². The van der Waals surface area contributed by atoms with Crippen LogP contribution in [0.3, 0.4) is 0 Å². The van der Waals surface area contributed by atoms with E-state index >= 15 is 0 Å². The number of aromatic nitrogens is 1. The van der Waals surface area contributed by atoms with Crippen LogP contribution in [-0.4, -0.2) is 76.8 Å². The predicted octanol–water partition coefficient (Wildman–Crippen LogP) is 1.90. The number of nitrogens with zero attached hydrogens (tertiary/aromatic N) is 4. The fraction of sp³-hybridized carbons (Fsp3) is 0.458. The first kappa shape index (κ1) is 21.9. The molecule has 1 atom stereocenters. The molecule has 1 aromatic heterocycles. The molecule has 0 bridgehead atoms. The lowest BCUT2D eigenvalue weighted by Crippen LogP contribution is -2.50. The first-order valence-corrected chi connectivity index (χ1v) is 11.1. The van der Waals surface area contributed by atoms with Crippen LogP contribution >= 0.6 is 0 Å². The zero-order valence-electron chi connectivity index (χ0n) is 18.7. The Labute approximate surface area is 188 Å². The molecule has 0 radical (unpaired) electrons. The highest BCUT2D eigenvalue weighted by Gasteiger charge is 2.33. The van der Waals surface area contributed by atoms with Crippen LogP contribution in [-0.2, 0) is 20.9 Å². The number of amides is 3. The minimum atomic E-state index is -0.212. The molecule has 0 aliphatic carbocycles. The normalized spacial score (nSPS) is 18.3. The molecule has 1 saturated heterocycles. The van der Waals surface area contributed by atoms with E-state index in [1.54, 1.807) is 23.8 Å². The Morgan fingerprint density at radius 3 is 2.34 bits per heavy atom. The summed E-state index contributed by atoms with van der Waals surface area (Å²) < 4.78 is 7.57. The van der Waals surface area contributed by atoms with Crippen LogP contribution in [0.25, 0.3) is 0 Å². The highest BCUT2D eigenvalue weighted by molar-refractivity contribution is 5.84. The summed E-state index contributed by atoms with van der Waals surface area (Å²) in [5, 5.41) is 0. The van der Waals surface area contributed by atoms with Crippen LogP contribution in [0.15, 0.2) is 42.6 Å². The lowest BCUT2D eigenvalue weighted by Gasteiger charge is -2.38. The maximum absolute atomic E-state index is 13.3. The molecule has 8 nitrogen and oxygen atoms in total. The van der Waals surface area contributed by atoms with E-state index in [0.717, 1.165) is 23.6 Å². The molecule has 1 fully saturated rings. The molecule has 3 heterocycles. The zero-order chi connectivity index (χ0) is 22.7. The van der Waals surface area contributed by atoms with Crippen LogP contribution in [0, 0.1) is 0 Å². The van der Waals surface area contributed by atoms with Crippen LogP contribution in [0.2, 0.25) is 0 Å². The predicted molar refractivity (Wildman–Crippen MR) is 119 cm³/mol. The van der Waals surface area contributed by atoms with E-state index in [1.165, 1.54) is 0 Å². The molecule has 3 amide bonds. The van der Waals surface area contributed by atoms with Crippen molar-refractivity contribution in [1.82, 2.24) is 19.3 Å². The third-order valence-corrected chi connectivity index (χ3v) is 6.40. The van der Waals surface area contributed by atoms with Gasteiger partial charge in [-0.25, -0.2) is 0 Å². The van der Waals surface area contributed by atoms with E-state index in [0.29, 0.717) is 32.7 Å². The minimum Gasteiger partial charge on any atom is -0.497 e. The molecule has 0 saturated carbocycles. The van der Waals surface area contributed by atoms with Crippen molar-refractivity contribution in [3.05, 3.63) is 53.9 Å². The quantitative estimate of drug-likeness (QED) is 0.715. The number of methoxy groups -OCH3 is 1. The van der Waals surface area contributed by atoms with E-state index in [-0.39, 0.29) is 36.6 Å². The molecule has 2 aliphatic heterocycles. The number of hydrogen-bond acceptors (Lipinski definition) is 4. The van der Waals surface area contributed by atoms with Gasteiger partial charge in [0.15, 0.2) is 0 Å². The highest BCUT2D eigenvalue weighted by Crippen LogP contribution is 2.34. The summed E-state index contributed by atoms with van der Waals surface area (Å²) in [6.07, 6.45) is 2.39. The van der Waals surface area contributed by atoms with Crippen molar-refractivity contribution in [2.75, 3.05) is 39.8 Å². The van der Waals surface area contributed by atoms with E-state index in [9.17, 15) is 14.4 Å². The summed E-state index contributed by atoms with van der Waals surface area (Å²) >= 11 is 0. The molecule has 1 aromatic carbocycles. The van der Waals surface area contributed by atoms with Crippen molar-refractivity contribution in [3.63, 3.8) is 0 Å². The number of hydrogen-bond donors (Lipinski definition) is 0. The van der Waals surface area contributed by atoms with Gasteiger partial charge >= 0.3 is 0 Å². The summed E-state index contributed by atoms with van der Waals surface area (Å²) in [6.45, 7) is 5.02. The summed E-state index contributed by atoms with van der Waals surface area (Å²) in [5.74, 6) is 0.727. The smallest absolute Gasteiger partial charge is 0.223 e. The van der Waals surface area contributed by atoms with E-state index in [2.05, 4.69) is 4.57 Å². The van der Waals surface area contributed by atoms with Gasteiger partial charge in [0.05, 0.1) is 13.2 Å². The standard InChI is InChI=1S/C24H30N4O4/c1-18(29)25-11-13-27(14-12-25)22(30)8-9-23(31)28-16-15-26-10-4-7-21(26)24(28)19-5-3-6-20(17-19)32-2/h3-7,10,17,24H,8-9,11-16H2,1-2H3. The summed E-state index contributed by atoms with van der Waals surface area (Å²) in [7, 11) is 1.63. The van der Waals surface area contributed by atoms with Gasteiger partial charge in [-0.1, -0.05) is 12.1 Å². The van der Waals surface area contributed by atoms with Crippen LogP contribution < -0.4 is 4.74 Å². The highest BCUT2D eigenvalue weighted by atomic mass is 16.5. The lowest BCUT2D eigenvalue weighted by molar-refractivity contribution is -0.141. The lowest BCUT2D eigenvalue weighted by atomic mass is 9.99. The molecule has 170 valence electrons. The van der Waals surface area contributed by atoms with E-state index < -0.39 is 0 Å². The first-order valence-electron chi connectivity index (χ1n) is 11.1. The molecule has 0 N–H and O–H groups in total. The fourth-order valence-electron chi connectivity index (χ4n) is 4.60. The van der Waals surface area contributed by atoms with Gasteiger partial charge in [0.25, 0.3) is 0 Å². The van der Waals surface area contributed by atoms with Gasteiger partial charge in [-0.3, -0.25) is 14.4 Å². The van der Waals surface area contributed by atoms with Gasteiger partial charge in [0, 0.05) is 70.9 Å². The van der Waals surface area contributed by atoms with Crippen molar-refractivity contribution in [1.29, 1.82) is 0 Å². The molecule has 0 spiro atoms. The van der Waals surface area contributed by atoms with Gasteiger partial charge in [-0.2, -0.15) is 0 Å². The molecule has 2 aromatic rings. The second-order valence-electron chi connectivity index (χ2n) is 8.28. The Morgan fingerprint density at radius 2 is 1.62 bits per heavy atom. The third-order valence-electron chi connectivity index (χ3n) is 6.40. The molecule has 32 heavy (non-hydrogen) atoms. The Balaban J connectivity index is 1.44. The number of ether oxygens (including phenoxy) is 1. The summed E-state index contributed by atoms with van der Waals surface area (Å²) in [6, 6.07) is 11.6. The van der Waals surface area contributed by atoms with Crippen molar-refractivity contribution >= 4 is 17.7 Å². The minimum absolute atomic E-state index is 0.0269. The number of rotatable bonds is 5. The number of benzene rings is 1. The van der Waals surface area contributed by atoms with Crippen LogP contribution in [0.5, 0.6) is 5.75 Å². The first-order chi connectivity index (χ1) is 15.5. The maximum atomic E-state index is 13.3. The molecular weight excluding hydrogens is 408 g/mol. The Bertz CT molecular complexity index is 993. The van der Waals surface area contributed by atoms with Crippen molar-refractivity contribution in [2.45, 2.75) is 32.4 Å². The third kappa shape index (κ3) is 4.49. The SMILES string of the molecule is COc1cccc(C2c3cccn3CCN2C(=O)CCC(=O)N2CCN(C(C)=O)CC2)c1. The number of piperazine rings is 1. The Hall–Kier alpha value is -3.29. The van der Waals surface area contributed by atoms with Gasteiger partial charge in [-0.15, -0.1) is 0 Å². The Kier molecular flexibility index (Phi) is 6.48. The average molecular weight is 439 g/mol. The van der Waals surface area contributed by atoms with Crippen molar-refractivity contribution < 1.29 is 19.1 Å². The van der Waals surface area contributed by atoms with Crippen molar-refractivity contribution in [2.24, 2.45) is 0 Å².